The summed E-state index contributed by atoms with van der Waals surface area (Å²) in [5, 5.41) is 11.8. The summed E-state index contributed by atoms with van der Waals surface area (Å²) in [6.45, 7) is 5.59. The summed E-state index contributed by atoms with van der Waals surface area (Å²) in [6.07, 6.45) is 1.81. The number of nitrogens with one attached hydrogen (secondary N) is 2. The molecule has 0 saturated carbocycles. The Balaban J connectivity index is 1.98. The van der Waals surface area contributed by atoms with E-state index >= 15 is 0 Å². The van der Waals surface area contributed by atoms with Crippen LogP contribution >= 0.6 is 11.8 Å². The molecule has 2 N–H and O–H groups in total. The van der Waals surface area contributed by atoms with Crippen molar-refractivity contribution >= 4 is 23.4 Å². The lowest BCUT2D eigenvalue weighted by atomic mass is 10.1. The maximum absolute atomic E-state index is 4.26. The van der Waals surface area contributed by atoms with Gasteiger partial charge in [-0.15, -0.1) is 11.7 Å². The summed E-state index contributed by atoms with van der Waals surface area (Å²) in [5.74, 6) is 1.31. The number of hydrogen-bond acceptors (Lipinski definition) is 5. The van der Waals surface area contributed by atoms with Crippen LogP contribution in [0.1, 0.15) is 12.5 Å². The number of rotatable bonds is 6. The van der Waals surface area contributed by atoms with Crippen LogP contribution in [-0.4, -0.2) is 26.6 Å². The second kappa shape index (κ2) is 6.75. The van der Waals surface area contributed by atoms with Gasteiger partial charge in [0.1, 0.15) is 0 Å². The van der Waals surface area contributed by atoms with Crippen molar-refractivity contribution < 1.29 is 0 Å². The molecule has 98 valence electrons. The highest BCUT2D eigenvalue weighted by atomic mass is 32.2. The number of benzene rings is 1. The van der Waals surface area contributed by atoms with E-state index in [4.69, 9.17) is 0 Å². The first-order chi connectivity index (χ1) is 9.29. The molecule has 5 nitrogen and oxygen atoms in total. The van der Waals surface area contributed by atoms with Crippen molar-refractivity contribution in [3.63, 3.8) is 0 Å². The van der Waals surface area contributed by atoms with Crippen molar-refractivity contribution in [3.05, 3.63) is 48.6 Å². The van der Waals surface area contributed by atoms with Crippen molar-refractivity contribution in [1.29, 1.82) is 0 Å². The topological polar surface area (TPSA) is 66.0 Å². The number of thioether (sulfide) groups is 1. The van der Waals surface area contributed by atoms with Crippen LogP contribution in [0, 0.1) is 0 Å². The van der Waals surface area contributed by atoms with Gasteiger partial charge in [-0.25, -0.2) is 10.5 Å². The van der Waals surface area contributed by atoms with Gasteiger partial charge in [-0.1, -0.05) is 48.2 Å². The van der Waals surface area contributed by atoms with Gasteiger partial charge >= 0.3 is 0 Å². The van der Waals surface area contributed by atoms with E-state index in [1.807, 2.05) is 43.3 Å². The number of H-pyrrole nitrogens is 1. The quantitative estimate of drug-likeness (QED) is 0.367. The molecule has 1 aromatic carbocycles. The van der Waals surface area contributed by atoms with Crippen LogP contribution in [-0.2, 0) is 0 Å². The van der Waals surface area contributed by atoms with Crippen molar-refractivity contribution in [2.45, 2.75) is 12.1 Å². The Bertz CT molecular complexity index is 561. The average Bonchev–Trinajstić information content (AvgIpc) is 2.91. The molecule has 2 rings (SSSR count). The zero-order valence-electron chi connectivity index (χ0n) is 10.6. The van der Waals surface area contributed by atoms with Crippen LogP contribution in [0.2, 0.25) is 0 Å². The molecule has 0 aliphatic rings. The van der Waals surface area contributed by atoms with E-state index in [-0.39, 0.29) is 0 Å². The molecule has 0 unspecified atom stereocenters. The number of nitrogens with zero attached hydrogens (tertiary/aromatic N) is 3. The predicted octanol–water partition coefficient (Wildman–Crippen LogP) is 2.92. The number of aromatic nitrogens is 3. The fourth-order valence-electron chi connectivity index (χ4n) is 1.38. The first kappa shape index (κ1) is 13.4. The van der Waals surface area contributed by atoms with Crippen LogP contribution in [0.3, 0.4) is 0 Å². The Kier molecular flexibility index (Phi) is 4.74. The van der Waals surface area contributed by atoms with Gasteiger partial charge in [0.05, 0.1) is 5.71 Å². The number of hydrazone groups is 1. The molecule has 1 heterocycles. The smallest absolute Gasteiger partial charge is 0.240 e. The van der Waals surface area contributed by atoms with Crippen molar-refractivity contribution in [1.82, 2.24) is 15.2 Å². The maximum atomic E-state index is 4.26. The Morgan fingerprint density at radius 1 is 1.47 bits per heavy atom. The van der Waals surface area contributed by atoms with E-state index in [2.05, 4.69) is 32.3 Å². The molecule has 0 spiro atoms. The lowest BCUT2D eigenvalue weighted by Gasteiger charge is -2.00. The molecular weight excluding hydrogens is 258 g/mol. The zero-order valence-corrected chi connectivity index (χ0v) is 11.4. The molecule has 1 aromatic heterocycles. The molecule has 0 fully saturated rings. The highest BCUT2D eigenvalue weighted by Crippen LogP contribution is 2.13. The predicted molar refractivity (Wildman–Crippen MR) is 79.6 cm³/mol. The third-order valence-electron chi connectivity index (χ3n) is 2.32. The van der Waals surface area contributed by atoms with E-state index in [9.17, 15) is 0 Å². The summed E-state index contributed by atoms with van der Waals surface area (Å²) in [6, 6.07) is 9.95. The van der Waals surface area contributed by atoms with Crippen molar-refractivity contribution in [2.75, 3.05) is 11.2 Å². The maximum Gasteiger partial charge on any atom is 0.240 e. The van der Waals surface area contributed by atoms with E-state index in [1.54, 1.807) is 0 Å². The van der Waals surface area contributed by atoms with Gasteiger partial charge < -0.3 is 0 Å². The Labute approximate surface area is 116 Å². The molecule has 0 atom stereocenters. The van der Waals surface area contributed by atoms with Gasteiger partial charge in [0.25, 0.3) is 0 Å². The van der Waals surface area contributed by atoms with Crippen LogP contribution in [0.4, 0.5) is 5.95 Å². The molecule has 0 saturated heterocycles. The Hall–Kier alpha value is -2.08. The Morgan fingerprint density at radius 3 is 3.00 bits per heavy atom. The third-order valence-corrected chi connectivity index (χ3v) is 3.16. The van der Waals surface area contributed by atoms with Gasteiger partial charge in [0.15, 0.2) is 0 Å². The van der Waals surface area contributed by atoms with E-state index in [0.717, 1.165) is 17.0 Å². The second-order valence-corrected chi connectivity index (χ2v) is 4.73. The molecule has 0 aliphatic heterocycles. The van der Waals surface area contributed by atoms with Gasteiger partial charge in [-0.3, -0.25) is 0 Å². The van der Waals surface area contributed by atoms with Crippen LogP contribution in [0.5, 0.6) is 0 Å². The van der Waals surface area contributed by atoms with Gasteiger partial charge in [0, 0.05) is 5.75 Å². The molecule has 6 heteroatoms. The van der Waals surface area contributed by atoms with Crippen molar-refractivity contribution in [3.8, 4) is 0 Å². The number of hydrogen-bond donors (Lipinski definition) is 2. The highest BCUT2D eigenvalue weighted by Gasteiger charge is 2.02. The van der Waals surface area contributed by atoms with Crippen LogP contribution < -0.4 is 5.43 Å². The first-order valence-electron chi connectivity index (χ1n) is 5.81. The summed E-state index contributed by atoms with van der Waals surface area (Å²) < 4.78 is 0. The van der Waals surface area contributed by atoms with E-state index in [0.29, 0.717) is 11.1 Å². The summed E-state index contributed by atoms with van der Waals surface area (Å²) in [5.41, 5.74) is 4.81. The zero-order chi connectivity index (χ0) is 13.5. The van der Waals surface area contributed by atoms with E-state index < -0.39 is 0 Å². The van der Waals surface area contributed by atoms with Gasteiger partial charge in [-0.05, 0) is 12.5 Å². The van der Waals surface area contributed by atoms with Gasteiger partial charge in [-0.2, -0.15) is 10.1 Å². The molecular formula is C13H15N5S. The monoisotopic (exact) mass is 273 g/mol. The highest BCUT2D eigenvalue weighted by molar-refractivity contribution is 7.99. The molecule has 19 heavy (non-hydrogen) atoms. The minimum absolute atomic E-state index is 0.529. The average molecular weight is 273 g/mol. The molecule has 0 radical (unpaired) electrons. The fourth-order valence-corrected chi connectivity index (χ4v) is 1.91. The first-order valence-corrected chi connectivity index (χ1v) is 6.80. The third kappa shape index (κ3) is 3.96. The largest absolute Gasteiger partial charge is 0.245 e. The molecule has 2 aromatic rings. The molecule has 0 bridgehead atoms. The molecule has 0 amide bonds. The fraction of sp³-hybridized carbons (Fsp3) is 0.154. The standard InChI is InChI=1S/C13H15N5S/c1-3-9-19-13-14-12(17-18-13)16-15-10(2)11-7-5-4-6-8-11/h3-8H,1,9H2,2H3,(H2,14,16,17,18)/b15-10+. The number of aromatic amines is 1. The summed E-state index contributed by atoms with van der Waals surface area (Å²) >= 11 is 1.51. The SMILES string of the molecule is C=CCSc1n[nH]c(N/N=C(\C)c2ccccc2)n1. The van der Waals surface area contributed by atoms with Crippen LogP contribution in [0.15, 0.2) is 53.2 Å². The Morgan fingerprint density at radius 2 is 2.26 bits per heavy atom. The molecule has 0 aliphatic carbocycles. The van der Waals surface area contributed by atoms with Crippen LogP contribution in [0.25, 0.3) is 0 Å². The second-order valence-electron chi connectivity index (χ2n) is 3.74. The lowest BCUT2D eigenvalue weighted by molar-refractivity contribution is 0.974. The van der Waals surface area contributed by atoms with Crippen molar-refractivity contribution in [2.24, 2.45) is 5.10 Å². The normalized spacial score (nSPS) is 11.3. The van der Waals surface area contributed by atoms with E-state index in [1.165, 1.54) is 11.8 Å². The number of anilines is 1. The summed E-state index contributed by atoms with van der Waals surface area (Å²) in [4.78, 5) is 4.24. The summed E-state index contributed by atoms with van der Waals surface area (Å²) in [7, 11) is 0. The van der Waals surface area contributed by atoms with Gasteiger partial charge in [0.2, 0.25) is 11.1 Å². The minimum Gasteiger partial charge on any atom is -0.245 e. The lowest BCUT2D eigenvalue weighted by Crippen LogP contribution is -2.00. The minimum atomic E-state index is 0.529.